The van der Waals surface area contributed by atoms with Gasteiger partial charge < -0.3 is 19.3 Å². The topological polar surface area (TPSA) is 82.1 Å². The van der Waals surface area contributed by atoms with Gasteiger partial charge in [-0.1, -0.05) is 6.92 Å². The zero-order valence-corrected chi connectivity index (χ0v) is 11.8. The van der Waals surface area contributed by atoms with Gasteiger partial charge in [0.25, 0.3) is 0 Å². The first-order chi connectivity index (χ1) is 8.33. The summed E-state index contributed by atoms with van der Waals surface area (Å²) in [5.41, 5.74) is 0. The fourth-order valence-corrected chi connectivity index (χ4v) is 1.19. The zero-order valence-electron chi connectivity index (χ0n) is 11.8. The molecular weight excluding hydrogens is 240 g/mol. The van der Waals surface area contributed by atoms with E-state index in [2.05, 4.69) is 0 Å². The molecule has 1 N–H and O–H groups in total. The second-order valence-corrected chi connectivity index (χ2v) is 4.03. The number of rotatable bonds is 7. The first-order valence-corrected chi connectivity index (χ1v) is 5.70. The lowest BCUT2D eigenvalue weighted by atomic mass is 10.1. The molecule has 2 atom stereocenters. The van der Waals surface area contributed by atoms with Crippen LogP contribution >= 0.6 is 0 Å². The van der Waals surface area contributed by atoms with Crippen molar-refractivity contribution >= 4 is 11.9 Å². The van der Waals surface area contributed by atoms with Crippen molar-refractivity contribution in [2.75, 3.05) is 27.4 Å². The van der Waals surface area contributed by atoms with E-state index in [-0.39, 0.29) is 24.4 Å². The van der Waals surface area contributed by atoms with Gasteiger partial charge in [0.1, 0.15) is 6.10 Å². The van der Waals surface area contributed by atoms with Crippen LogP contribution in [-0.2, 0) is 23.8 Å². The van der Waals surface area contributed by atoms with Crippen LogP contribution in [0, 0.1) is 5.92 Å². The molecule has 0 saturated carbocycles. The molecule has 6 heteroatoms. The molecule has 0 aromatic heterocycles. The van der Waals surface area contributed by atoms with Crippen molar-refractivity contribution in [1.82, 2.24) is 0 Å². The smallest absolute Gasteiger partial charge is 0.303 e. The van der Waals surface area contributed by atoms with Gasteiger partial charge in [-0.05, 0) is 12.8 Å². The van der Waals surface area contributed by atoms with Gasteiger partial charge in [0.05, 0.1) is 13.0 Å². The van der Waals surface area contributed by atoms with E-state index in [0.717, 1.165) is 0 Å². The summed E-state index contributed by atoms with van der Waals surface area (Å²) in [6.45, 7) is 5.99. The van der Waals surface area contributed by atoms with Crippen molar-refractivity contribution in [2.24, 2.45) is 5.92 Å². The highest BCUT2D eigenvalue weighted by atomic mass is 16.6. The monoisotopic (exact) mass is 264 g/mol. The number of carboxylic acid groups (broad SMARTS) is 1. The lowest BCUT2D eigenvalue weighted by molar-refractivity contribution is -0.147. The van der Waals surface area contributed by atoms with Gasteiger partial charge in [-0.25, -0.2) is 0 Å². The second kappa shape index (κ2) is 12.3. The minimum Gasteiger partial charge on any atom is -0.481 e. The molecule has 0 amide bonds. The van der Waals surface area contributed by atoms with Crippen LogP contribution in [0.3, 0.4) is 0 Å². The van der Waals surface area contributed by atoms with Crippen molar-refractivity contribution in [2.45, 2.75) is 33.3 Å². The Hall–Kier alpha value is -1.14. The minimum atomic E-state index is -0.764. The van der Waals surface area contributed by atoms with Crippen LogP contribution in [0.4, 0.5) is 0 Å². The molecule has 0 aliphatic carbocycles. The molecule has 6 nitrogen and oxygen atoms in total. The molecule has 0 aromatic rings. The molecule has 0 fully saturated rings. The summed E-state index contributed by atoms with van der Waals surface area (Å²) < 4.78 is 14.2. The Balaban J connectivity index is 0. The van der Waals surface area contributed by atoms with E-state index < -0.39 is 5.97 Å². The highest BCUT2D eigenvalue weighted by Crippen LogP contribution is 2.00. The van der Waals surface area contributed by atoms with Crippen LogP contribution in [-0.4, -0.2) is 50.6 Å². The largest absolute Gasteiger partial charge is 0.481 e. The third-order valence-electron chi connectivity index (χ3n) is 1.74. The standard InChI is InChI=1S/2C6H12O3/c1-5(4-8-3)9-6(2)7;1-5(4-9-2)3-6(7)8/h5H,4H2,1-3H3;5H,3-4H2,1-2H3,(H,7,8). The molecule has 0 heterocycles. The number of carbonyl (C=O) groups is 2. The number of methoxy groups -OCH3 is 2. The SMILES string of the molecule is COCC(C)CC(=O)O.COCC(C)OC(C)=O. The van der Waals surface area contributed by atoms with Gasteiger partial charge in [-0.15, -0.1) is 0 Å². The molecule has 0 radical (unpaired) electrons. The Kier molecular flexibility index (Phi) is 13.1. The molecule has 0 aromatic carbocycles. The predicted octanol–water partition coefficient (Wildman–Crippen LogP) is 1.33. The van der Waals surface area contributed by atoms with E-state index in [1.54, 1.807) is 21.1 Å². The van der Waals surface area contributed by atoms with Crippen molar-refractivity contribution in [3.63, 3.8) is 0 Å². The summed E-state index contributed by atoms with van der Waals surface area (Å²) in [6, 6.07) is 0. The second-order valence-electron chi connectivity index (χ2n) is 4.03. The average Bonchev–Trinajstić information content (AvgIpc) is 2.16. The average molecular weight is 264 g/mol. The van der Waals surface area contributed by atoms with Crippen molar-refractivity contribution in [1.29, 1.82) is 0 Å². The third-order valence-corrected chi connectivity index (χ3v) is 1.74. The molecule has 2 unspecified atom stereocenters. The Bertz CT molecular complexity index is 205. The Morgan fingerprint density at radius 3 is 1.94 bits per heavy atom. The predicted molar refractivity (Wildman–Crippen MR) is 66.4 cm³/mol. The van der Waals surface area contributed by atoms with E-state index in [4.69, 9.17) is 19.3 Å². The maximum Gasteiger partial charge on any atom is 0.303 e. The molecule has 0 bridgehead atoms. The van der Waals surface area contributed by atoms with E-state index in [0.29, 0.717) is 13.2 Å². The molecule has 0 saturated heterocycles. The van der Waals surface area contributed by atoms with Crippen LogP contribution in [0.1, 0.15) is 27.2 Å². The maximum atomic E-state index is 10.3. The molecule has 0 aliphatic heterocycles. The lowest BCUT2D eigenvalue weighted by Gasteiger charge is -2.08. The van der Waals surface area contributed by atoms with Gasteiger partial charge in [-0.3, -0.25) is 9.59 Å². The Morgan fingerprint density at radius 2 is 1.61 bits per heavy atom. The summed E-state index contributed by atoms with van der Waals surface area (Å²) in [6.07, 6.45) is 0.0564. The van der Waals surface area contributed by atoms with Gasteiger partial charge in [-0.2, -0.15) is 0 Å². The summed E-state index contributed by atoms with van der Waals surface area (Å²) in [5.74, 6) is -0.911. The van der Waals surface area contributed by atoms with E-state index in [1.165, 1.54) is 6.92 Å². The summed E-state index contributed by atoms with van der Waals surface area (Å²) in [7, 11) is 3.14. The van der Waals surface area contributed by atoms with E-state index in [1.807, 2.05) is 6.92 Å². The third kappa shape index (κ3) is 17.3. The fourth-order valence-electron chi connectivity index (χ4n) is 1.19. The van der Waals surface area contributed by atoms with Gasteiger partial charge in [0, 0.05) is 27.8 Å². The molecule has 0 aliphatic rings. The molecule has 0 rings (SSSR count). The minimum absolute atomic E-state index is 0.118. The normalized spacial score (nSPS) is 12.9. The fraction of sp³-hybridized carbons (Fsp3) is 0.833. The van der Waals surface area contributed by atoms with Crippen LogP contribution in [0.5, 0.6) is 0 Å². The summed E-state index contributed by atoms with van der Waals surface area (Å²) in [4.78, 5) is 20.3. The van der Waals surface area contributed by atoms with E-state index in [9.17, 15) is 9.59 Å². The number of carboxylic acids is 1. The molecule has 0 spiro atoms. The zero-order chi connectivity index (χ0) is 14.6. The first kappa shape index (κ1) is 19.2. The summed E-state index contributed by atoms with van der Waals surface area (Å²) >= 11 is 0. The molecule has 108 valence electrons. The number of hydrogen-bond acceptors (Lipinski definition) is 5. The Morgan fingerprint density at radius 1 is 1.11 bits per heavy atom. The number of ether oxygens (including phenoxy) is 3. The van der Waals surface area contributed by atoms with Crippen LogP contribution in [0.15, 0.2) is 0 Å². The lowest BCUT2D eigenvalue weighted by Crippen LogP contribution is -2.17. The van der Waals surface area contributed by atoms with E-state index >= 15 is 0 Å². The molecule has 18 heavy (non-hydrogen) atoms. The van der Waals surface area contributed by atoms with Gasteiger partial charge >= 0.3 is 11.9 Å². The summed E-state index contributed by atoms with van der Waals surface area (Å²) in [5, 5.41) is 8.25. The molecular formula is C12H24O6. The van der Waals surface area contributed by atoms with Crippen molar-refractivity contribution in [3.05, 3.63) is 0 Å². The van der Waals surface area contributed by atoms with Crippen molar-refractivity contribution in [3.8, 4) is 0 Å². The first-order valence-electron chi connectivity index (χ1n) is 5.70. The maximum absolute atomic E-state index is 10.3. The van der Waals surface area contributed by atoms with Gasteiger partial charge in [0.2, 0.25) is 0 Å². The highest BCUT2D eigenvalue weighted by molar-refractivity contribution is 5.67. The van der Waals surface area contributed by atoms with Crippen LogP contribution < -0.4 is 0 Å². The highest BCUT2D eigenvalue weighted by Gasteiger charge is 2.05. The van der Waals surface area contributed by atoms with Crippen LogP contribution in [0.2, 0.25) is 0 Å². The number of carbonyl (C=O) groups excluding carboxylic acids is 1. The number of esters is 1. The van der Waals surface area contributed by atoms with Crippen molar-refractivity contribution < 1.29 is 28.9 Å². The number of aliphatic carboxylic acids is 1. The Labute approximate surface area is 108 Å². The number of hydrogen-bond donors (Lipinski definition) is 1. The van der Waals surface area contributed by atoms with Crippen LogP contribution in [0.25, 0.3) is 0 Å². The quantitative estimate of drug-likeness (QED) is 0.698. The van der Waals surface area contributed by atoms with Gasteiger partial charge in [0.15, 0.2) is 0 Å².